The summed E-state index contributed by atoms with van der Waals surface area (Å²) in [5, 5.41) is 0. The van der Waals surface area contributed by atoms with E-state index in [1.165, 1.54) is 17.7 Å². The second-order valence-electron chi connectivity index (χ2n) is 6.87. The largest absolute Gasteiger partial charge is 0.339 e. The van der Waals surface area contributed by atoms with Crippen molar-refractivity contribution in [3.63, 3.8) is 0 Å². The summed E-state index contributed by atoms with van der Waals surface area (Å²) < 4.78 is 12.9. The lowest BCUT2D eigenvalue weighted by atomic mass is 10.1. The van der Waals surface area contributed by atoms with Gasteiger partial charge in [0.1, 0.15) is 5.82 Å². The molecule has 1 aliphatic heterocycles. The van der Waals surface area contributed by atoms with Crippen molar-refractivity contribution >= 4 is 11.8 Å². The number of carbonyl (C=O) groups is 2. The van der Waals surface area contributed by atoms with Gasteiger partial charge in [0.25, 0.3) is 0 Å². The molecule has 5 heteroatoms. The van der Waals surface area contributed by atoms with Crippen LogP contribution in [0, 0.1) is 5.82 Å². The minimum Gasteiger partial charge on any atom is -0.339 e. The number of hydrogen-bond donors (Lipinski definition) is 0. The molecular formula is C22H25FN2O2. The Hall–Kier alpha value is -2.69. The molecule has 0 atom stereocenters. The zero-order chi connectivity index (χ0) is 19.1. The number of halogens is 1. The molecule has 0 radical (unpaired) electrons. The maximum Gasteiger partial charge on any atom is 0.223 e. The molecule has 2 aromatic rings. The Morgan fingerprint density at radius 2 is 1.15 bits per heavy atom. The van der Waals surface area contributed by atoms with Crippen molar-refractivity contribution in [1.82, 2.24) is 9.80 Å². The lowest BCUT2D eigenvalue weighted by molar-refractivity contribution is -0.139. The van der Waals surface area contributed by atoms with Crippen molar-refractivity contribution in [1.29, 1.82) is 0 Å². The van der Waals surface area contributed by atoms with Gasteiger partial charge in [0.2, 0.25) is 11.8 Å². The normalized spacial score (nSPS) is 14.3. The van der Waals surface area contributed by atoms with E-state index in [1.54, 1.807) is 12.1 Å². The van der Waals surface area contributed by atoms with E-state index in [9.17, 15) is 14.0 Å². The van der Waals surface area contributed by atoms with Crippen molar-refractivity contribution in [2.24, 2.45) is 0 Å². The van der Waals surface area contributed by atoms with E-state index < -0.39 is 0 Å². The fourth-order valence-corrected chi connectivity index (χ4v) is 3.32. The van der Waals surface area contributed by atoms with Crippen LogP contribution in [0.4, 0.5) is 4.39 Å². The van der Waals surface area contributed by atoms with Gasteiger partial charge in [-0.05, 0) is 36.1 Å². The van der Waals surface area contributed by atoms with Crippen LogP contribution in [0.25, 0.3) is 0 Å². The molecule has 0 spiro atoms. The maximum absolute atomic E-state index is 12.9. The first-order valence-corrected chi connectivity index (χ1v) is 9.46. The molecule has 0 unspecified atom stereocenters. The lowest BCUT2D eigenvalue weighted by Gasteiger charge is -2.35. The molecule has 0 aliphatic carbocycles. The fraction of sp³-hybridized carbons (Fsp3) is 0.364. The highest BCUT2D eigenvalue weighted by molar-refractivity contribution is 5.78. The van der Waals surface area contributed by atoms with E-state index in [4.69, 9.17) is 0 Å². The average molecular weight is 368 g/mol. The van der Waals surface area contributed by atoms with Crippen molar-refractivity contribution in [2.45, 2.75) is 25.7 Å². The summed E-state index contributed by atoms with van der Waals surface area (Å²) in [6.07, 6.45) is 2.27. The van der Waals surface area contributed by atoms with Crippen molar-refractivity contribution in [2.75, 3.05) is 26.2 Å². The number of aryl methyl sites for hydroxylation is 2. The van der Waals surface area contributed by atoms with Crippen molar-refractivity contribution in [3.05, 3.63) is 71.5 Å². The third kappa shape index (κ3) is 5.64. The van der Waals surface area contributed by atoms with Crippen LogP contribution in [-0.4, -0.2) is 47.8 Å². The molecule has 1 saturated heterocycles. The quantitative estimate of drug-likeness (QED) is 0.786. The topological polar surface area (TPSA) is 40.6 Å². The Morgan fingerprint density at radius 1 is 0.704 bits per heavy atom. The van der Waals surface area contributed by atoms with E-state index in [0.29, 0.717) is 45.4 Å². The Balaban J connectivity index is 1.39. The third-order valence-electron chi connectivity index (χ3n) is 5.00. The smallest absolute Gasteiger partial charge is 0.223 e. The van der Waals surface area contributed by atoms with Crippen molar-refractivity contribution < 1.29 is 14.0 Å². The molecule has 142 valence electrons. The van der Waals surface area contributed by atoms with Gasteiger partial charge >= 0.3 is 0 Å². The molecule has 2 aromatic carbocycles. The van der Waals surface area contributed by atoms with Gasteiger partial charge in [0.15, 0.2) is 0 Å². The molecule has 3 rings (SSSR count). The lowest BCUT2D eigenvalue weighted by Crippen LogP contribution is -2.50. The Labute approximate surface area is 159 Å². The molecular weight excluding hydrogens is 343 g/mol. The maximum atomic E-state index is 12.9. The van der Waals surface area contributed by atoms with Crippen LogP contribution in [0.3, 0.4) is 0 Å². The van der Waals surface area contributed by atoms with E-state index in [0.717, 1.165) is 12.0 Å². The molecule has 0 saturated carbocycles. The Bertz CT molecular complexity index is 754. The van der Waals surface area contributed by atoms with E-state index in [-0.39, 0.29) is 17.6 Å². The van der Waals surface area contributed by atoms with E-state index in [2.05, 4.69) is 0 Å². The minimum atomic E-state index is -0.266. The third-order valence-corrected chi connectivity index (χ3v) is 5.00. The second-order valence-corrected chi connectivity index (χ2v) is 6.87. The molecule has 1 heterocycles. The summed E-state index contributed by atoms with van der Waals surface area (Å²) in [5.41, 5.74) is 2.12. The number of benzene rings is 2. The van der Waals surface area contributed by atoms with Gasteiger partial charge in [-0.1, -0.05) is 42.5 Å². The first-order valence-electron chi connectivity index (χ1n) is 9.46. The molecule has 4 nitrogen and oxygen atoms in total. The predicted octanol–water partition coefficient (Wildman–Crippen LogP) is 3.06. The number of carbonyl (C=O) groups excluding carboxylic acids is 2. The summed E-state index contributed by atoms with van der Waals surface area (Å²) in [4.78, 5) is 28.4. The number of amides is 2. The molecule has 1 fully saturated rings. The standard InChI is InChI=1S/C22H25FN2O2/c23-20-10-6-19(7-11-20)9-13-22(27)25-16-14-24(15-17-25)21(26)12-8-18-4-2-1-3-5-18/h1-7,10-11H,8-9,12-17H2. The molecule has 0 N–H and O–H groups in total. The highest BCUT2D eigenvalue weighted by atomic mass is 19.1. The molecule has 0 bridgehead atoms. The minimum absolute atomic E-state index is 0.0932. The number of hydrogen-bond acceptors (Lipinski definition) is 2. The Kier molecular flexibility index (Phi) is 6.58. The predicted molar refractivity (Wildman–Crippen MR) is 103 cm³/mol. The van der Waals surface area contributed by atoms with Crippen LogP contribution in [0.1, 0.15) is 24.0 Å². The number of nitrogens with zero attached hydrogens (tertiary/aromatic N) is 2. The molecule has 2 amide bonds. The average Bonchev–Trinajstić information content (AvgIpc) is 2.72. The number of piperazine rings is 1. The van der Waals surface area contributed by atoms with Gasteiger partial charge in [-0.25, -0.2) is 4.39 Å². The highest BCUT2D eigenvalue weighted by Crippen LogP contribution is 2.11. The van der Waals surface area contributed by atoms with Gasteiger partial charge in [-0.3, -0.25) is 9.59 Å². The number of rotatable bonds is 6. The first kappa shape index (κ1) is 19.1. The zero-order valence-corrected chi connectivity index (χ0v) is 15.4. The fourth-order valence-electron chi connectivity index (χ4n) is 3.32. The molecule has 1 aliphatic rings. The summed E-state index contributed by atoms with van der Waals surface area (Å²) in [7, 11) is 0. The highest BCUT2D eigenvalue weighted by Gasteiger charge is 2.23. The van der Waals surface area contributed by atoms with Crippen LogP contribution in [-0.2, 0) is 22.4 Å². The second kappa shape index (κ2) is 9.31. The summed E-state index contributed by atoms with van der Waals surface area (Å²) in [5.74, 6) is -0.0221. The van der Waals surface area contributed by atoms with Crippen LogP contribution in [0.15, 0.2) is 54.6 Å². The van der Waals surface area contributed by atoms with Crippen LogP contribution in [0.2, 0.25) is 0 Å². The first-order chi connectivity index (χ1) is 13.1. The van der Waals surface area contributed by atoms with E-state index >= 15 is 0 Å². The summed E-state index contributed by atoms with van der Waals surface area (Å²) in [6, 6.07) is 16.3. The summed E-state index contributed by atoms with van der Waals surface area (Å²) >= 11 is 0. The molecule has 27 heavy (non-hydrogen) atoms. The zero-order valence-electron chi connectivity index (χ0n) is 15.4. The van der Waals surface area contributed by atoms with Gasteiger partial charge < -0.3 is 9.80 Å². The van der Waals surface area contributed by atoms with Gasteiger partial charge in [-0.2, -0.15) is 0 Å². The van der Waals surface area contributed by atoms with Crippen LogP contribution in [0.5, 0.6) is 0 Å². The monoisotopic (exact) mass is 368 g/mol. The Morgan fingerprint density at radius 3 is 1.63 bits per heavy atom. The van der Waals surface area contributed by atoms with Gasteiger partial charge in [0.05, 0.1) is 0 Å². The van der Waals surface area contributed by atoms with Crippen LogP contribution < -0.4 is 0 Å². The van der Waals surface area contributed by atoms with Gasteiger partial charge in [-0.15, -0.1) is 0 Å². The van der Waals surface area contributed by atoms with Crippen LogP contribution >= 0.6 is 0 Å². The summed E-state index contributed by atoms with van der Waals surface area (Å²) in [6.45, 7) is 2.35. The molecule has 0 aromatic heterocycles. The van der Waals surface area contributed by atoms with Crippen molar-refractivity contribution in [3.8, 4) is 0 Å². The van der Waals surface area contributed by atoms with E-state index in [1.807, 2.05) is 40.1 Å². The van der Waals surface area contributed by atoms with Gasteiger partial charge in [0, 0.05) is 39.0 Å². The SMILES string of the molecule is O=C(CCc1ccccc1)N1CCN(C(=O)CCc2ccc(F)cc2)CC1.